The average molecular weight is 146 g/mol. The molecular weight excluding hydrogens is 138 g/mol. The molecule has 0 saturated heterocycles. The van der Waals surface area contributed by atoms with E-state index in [9.17, 15) is 8.78 Å². The van der Waals surface area contributed by atoms with Crippen LogP contribution in [0.4, 0.5) is 8.78 Å². The van der Waals surface area contributed by atoms with Gasteiger partial charge in [0.2, 0.25) is 0 Å². The van der Waals surface area contributed by atoms with Crippen LogP contribution >= 0.6 is 0 Å². The first kappa shape index (κ1) is 8.88. The Bertz CT molecular complexity index is 182. The van der Waals surface area contributed by atoms with E-state index in [1.54, 1.807) is 0 Å². The first-order valence-electron chi connectivity index (χ1n) is 2.52. The third kappa shape index (κ3) is 3.02. The van der Waals surface area contributed by atoms with Gasteiger partial charge >= 0.3 is 0 Å². The summed E-state index contributed by atoms with van der Waals surface area (Å²) >= 11 is 0. The smallest absolute Gasteiger partial charge is 0.161 e. The van der Waals surface area contributed by atoms with Gasteiger partial charge in [-0.15, -0.1) is 0 Å². The van der Waals surface area contributed by atoms with E-state index in [-0.39, 0.29) is 5.76 Å². The topological polar surface area (TPSA) is 9.23 Å². The van der Waals surface area contributed by atoms with Crippen molar-refractivity contribution in [3.63, 3.8) is 0 Å². The Morgan fingerprint density at radius 3 is 2.20 bits per heavy atom. The molecule has 3 heteroatoms. The van der Waals surface area contributed by atoms with Crippen LogP contribution in [0.1, 0.15) is 0 Å². The number of hydrogen-bond acceptors (Lipinski definition) is 1. The van der Waals surface area contributed by atoms with Gasteiger partial charge in [0.15, 0.2) is 11.7 Å². The molecule has 10 heavy (non-hydrogen) atoms. The van der Waals surface area contributed by atoms with Crippen molar-refractivity contribution in [1.82, 2.24) is 0 Å². The van der Waals surface area contributed by atoms with Gasteiger partial charge in [0.25, 0.3) is 0 Å². The van der Waals surface area contributed by atoms with Gasteiger partial charge in [0.1, 0.15) is 5.76 Å². The summed E-state index contributed by atoms with van der Waals surface area (Å²) in [6, 6.07) is 0. The van der Waals surface area contributed by atoms with Crippen LogP contribution in [0.2, 0.25) is 0 Å². The number of ether oxygens (including phenoxy) is 1. The Morgan fingerprint density at radius 2 is 1.90 bits per heavy atom. The largest absolute Gasteiger partial charge is 0.497 e. The van der Waals surface area contributed by atoms with Gasteiger partial charge in [-0.2, -0.15) is 0 Å². The molecule has 0 saturated carbocycles. The lowest BCUT2D eigenvalue weighted by molar-refractivity contribution is 0.306. The summed E-state index contributed by atoms with van der Waals surface area (Å²) in [5.41, 5.74) is 0. The first-order valence-corrected chi connectivity index (χ1v) is 2.52. The summed E-state index contributed by atoms with van der Waals surface area (Å²) in [4.78, 5) is 0. The molecule has 0 aromatic rings. The zero-order valence-electron chi connectivity index (χ0n) is 5.66. The van der Waals surface area contributed by atoms with Crippen LogP contribution in [0, 0.1) is 0 Å². The fourth-order valence-corrected chi connectivity index (χ4v) is 0.279. The minimum atomic E-state index is -1.13. The zero-order chi connectivity index (χ0) is 8.15. The fourth-order valence-electron chi connectivity index (χ4n) is 0.279. The molecule has 0 rings (SSSR count). The Hall–Kier alpha value is -1.12. The van der Waals surface area contributed by atoms with Crippen molar-refractivity contribution >= 4 is 0 Å². The highest BCUT2D eigenvalue weighted by Crippen LogP contribution is 2.12. The zero-order valence-corrected chi connectivity index (χ0v) is 5.66. The molecule has 0 spiro atoms. The average Bonchev–Trinajstić information content (AvgIpc) is 1.87. The fraction of sp³-hybridized carbons (Fsp3) is 0.143. The molecule has 0 fully saturated rings. The number of rotatable bonds is 3. The van der Waals surface area contributed by atoms with Gasteiger partial charge in [-0.1, -0.05) is 13.2 Å². The second-order valence-corrected chi connectivity index (χ2v) is 1.57. The molecule has 0 unspecified atom stereocenters. The van der Waals surface area contributed by atoms with Crippen molar-refractivity contribution in [3.05, 3.63) is 36.6 Å². The monoisotopic (exact) mass is 146 g/mol. The van der Waals surface area contributed by atoms with E-state index in [1.165, 1.54) is 7.11 Å². The minimum absolute atomic E-state index is 0.0521. The molecule has 0 bridgehead atoms. The summed E-state index contributed by atoms with van der Waals surface area (Å²) < 4.78 is 28.5. The van der Waals surface area contributed by atoms with E-state index in [4.69, 9.17) is 0 Å². The lowest BCUT2D eigenvalue weighted by atomic mass is 10.4. The second-order valence-electron chi connectivity index (χ2n) is 1.57. The van der Waals surface area contributed by atoms with E-state index >= 15 is 0 Å². The van der Waals surface area contributed by atoms with Crippen LogP contribution in [0.15, 0.2) is 36.6 Å². The Morgan fingerprint density at radius 1 is 1.40 bits per heavy atom. The van der Waals surface area contributed by atoms with E-state index < -0.39 is 11.7 Å². The molecule has 0 radical (unpaired) electrons. The summed E-state index contributed by atoms with van der Waals surface area (Å²) in [6.45, 7) is 5.98. The molecule has 0 aliphatic rings. The van der Waals surface area contributed by atoms with E-state index in [0.29, 0.717) is 0 Å². The normalized spacial score (nSPS) is 10.9. The van der Waals surface area contributed by atoms with Crippen LogP contribution in [0.25, 0.3) is 0 Å². The molecular formula is C7H8F2O. The SMILES string of the molecule is C=C(/C=C(/F)C(=C)F)OC. The third-order valence-corrected chi connectivity index (χ3v) is 0.809. The Balaban J connectivity index is 4.16. The van der Waals surface area contributed by atoms with Crippen molar-refractivity contribution in [2.45, 2.75) is 0 Å². The van der Waals surface area contributed by atoms with Crippen molar-refractivity contribution in [1.29, 1.82) is 0 Å². The lowest BCUT2D eigenvalue weighted by Gasteiger charge is -1.95. The number of allylic oxidation sites excluding steroid dienone is 3. The Kier molecular flexibility index (Phi) is 3.39. The minimum Gasteiger partial charge on any atom is -0.497 e. The van der Waals surface area contributed by atoms with Crippen molar-refractivity contribution < 1.29 is 13.5 Å². The van der Waals surface area contributed by atoms with E-state index in [2.05, 4.69) is 17.9 Å². The summed E-state index contributed by atoms with van der Waals surface area (Å²) in [5.74, 6) is -2.14. The molecule has 0 N–H and O–H groups in total. The maximum atomic E-state index is 12.2. The van der Waals surface area contributed by atoms with Gasteiger partial charge in [0.05, 0.1) is 7.11 Å². The molecule has 0 aromatic heterocycles. The second kappa shape index (κ2) is 3.82. The third-order valence-electron chi connectivity index (χ3n) is 0.809. The van der Waals surface area contributed by atoms with Crippen molar-refractivity contribution in [2.24, 2.45) is 0 Å². The molecule has 1 nitrogen and oxygen atoms in total. The molecule has 56 valence electrons. The van der Waals surface area contributed by atoms with Gasteiger partial charge in [-0.05, 0) is 0 Å². The van der Waals surface area contributed by atoms with Crippen molar-refractivity contribution in [2.75, 3.05) is 7.11 Å². The first-order chi connectivity index (χ1) is 4.57. The highest BCUT2D eigenvalue weighted by molar-refractivity contribution is 5.22. The van der Waals surface area contributed by atoms with Gasteiger partial charge in [-0.3, -0.25) is 0 Å². The summed E-state index contributed by atoms with van der Waals surface area (Å²) in [6.07, 6.45) is 0.822. The lowest BCUT2D eigenvalue weighted by Crippen LogP contribution is -1.80. The molecule has 0 aromatic carbocycles. The molecule has 0 aliphatic heterocycles. The number of hydrogen-bond donors (Lipinski definition) is 0. The van der Waals surface area contributed by atoms with Gasteiger partial charge in [0, 0.05) is 6.08 Å². The standard InChI is InChI=1S/C7H8F2O/c1-5(10-3)4-7(9)6(2)8/h4H,1-2H2,3H3/b7-4+. The van der Waals surface area contributed by atoms with Crippen LogP contribution < -0.4 is 0 Å². The van der Waals surface area contributed by atoms with E-state index in [0.717, 1.165) is 6.08 Å². The van der Waals surface area contributed by atoms with Crippen molar-refractivity contribution in [3.8, 4) is 0 Å². The highest BCUT2D eigenvalue weighted by atomic mass is 19.2. The maximum absolute atomic E-state index is 12.2. The summed E-state index contributed by atoms with van der Waals surface area (Å²) in [7, 11) is 1.31. The molecule has 0 amide bonds. The molecule has 0 atom stereocenters. The van der Waals surface area contributed by atoms with Gasteiger partial charge in [-0.25, -0.2) is 8.78 Å². The molecule has 0 heterocycles. The maximum Gasteiger partial charge on any atom is 0.161 e. The molecule has 0 aliphatic carbocycles. The predicted octanol–water partition coefficient (Wildman–Crippen LogP) is 2.48. The van der Waals surface area contributed by atoms with Crippen LogP contribution in [0.5, 0.6) is 0 Å². The predicted molar refractivity (Wildman–Crippen MR) is 35.6 cm³/mol. The Labute approximate surface area is 58.3 Å². The quantitative estimate of drug-likeness (QED) is 0.439. The van der Waals surface area contributed by atoms with E-state index in [1.807, 2.05) is 0 Å². The van der Waals surface area contributed by atoms with Gasteiger partial charge < -0.3 is 4.74 Å². The number of methoxy groups -OCH3 is 1. The van der Waals surface area contributed by atoms with Crippen LogP contribution in [-0.4, -0.2) is 7.11 Å². The van der Waals surface area contributed by atoms with Crippen LogP contribution in [-0.2, 0) is 4.74 Å². The highest BCUT2D eigenvalue weighted by Gasteiger charge is 1.98. The number of halogens is 2. The van der Waals surface area contributed by atoms with Crippen LogP contribution in [0.3, 0.4) is 0 Å². The summed E-state index contributed by atoms with van der Waals surface area (Å²) in [5, 5.41) is 0.